The van der Waals surface area contributed by atoms with E-state index in [0.29, 0.717) is 32.5 Å². The molecular weight excluding hydrogens is 322 g/mol. The van der Waals surface area contributed by atoms with E-state index in [1.807, 2.05) is 30.3 Å². The summed E-state index contributed by atoms with van der Waals surface area (Å²) in [4.78, 5) is 14.6. The lowest BCUT2D eigenvalue weighted by Gasteiger charge is -2.23. The molecule has 5 heteroatoms. The maximum absolute atomic E-state index is 13.9. The first-order valence-electron chi connectivity index (χ1n) is 8.58. The lowest BCUT2D eigenvalue weighted by molar-refractivity contribution is -0.133. The smallest absolute Gasteiger partial charge is 0.226 e. The van der Waals surface area contributed by atoms with E-state index in [-0.39, 0.29) is 23.3 Å². The molecule has 2 N–H and O–H groups in total. The summed E-state index contributed by atoms with van der Waals surface area (Å²) < 4.78 is 27.9. The van der Waals surface area contributed by atoms with E-state index >= 15 is 0 Å². The van der Waals surface area contributed by atoms with E-state index in [9.17, 15) is 13.6 Å². The van der Waals surface area contributed by atoms with Gasteiger partial charge in [-0.15, -0.1) is 0 Å². The largest absolute Gasteiger partial charge is 0.338 e. The first-order chi connectivity index (χ1) is 12.1. The molecule has 0 heterocycles. The summed E-state index contributed by atoms with van der Waals surface area (Å²) in [5, 5.41) is 0. The minimum absolute atomic E-state index is 0.0411. The van der Waals surface area contributed by atoms with Crippen molar-refractivity contribution in [2.75, 3.05) is 13.1 Å². The fraction of sp³-hybridized carbons (Fsp3) is 0.350. The van der Waals surface area contributed by atoms with E-state index in [1.54, 1.807) is 4.90 Å². The quantitative estimate of drug-likeness (QED) is 0.836. The number of halogens is 2. The fourth-order valence-electron chi connectivity index (χ4n) is 3.24. The Morgan fingerprint density at radius 2 is 1.76 bits per heavy atom. The van der Waals surface area contributed by atoms with Crippen molar-refractivity contribution in [3.8, 4) is 0 Å². The highest BCUT2D eigenvalue weighted by atomic mass is 19.1. The average molecular weight is 344 g/mol. The van der Waals surface area contributed by atoms with Gasteiger partial charge in [-0.25, -0.2) is 8.78 Å². The predicted octanol–water partition coefficient (Wildman–Crippen LogP) is 3.45. The molecule has 1 saturated carbocycles. The van der Waals surface area contributed by atoms with Crippen LogP contribution in [-0.4, -0.2) is 23.9 Å². The van der Waals surface area contributed by atoms with Gasteiger partial charge in [0.1, 0.15) is 11.6 Å². The third kappa shape index (κ3) is 4.04. The molecular formula is C20H22F2N2O. The van der Waals surface area contributed by atoms with Gasteiger partial charge in [-0.1, -0.05) is 36.4 Å². The highest BCUT2D eigenvalue weighted by Crippen LogP contribution is 2.50. The zero-order valence-corrected chi connectivity index (χ0v) is 14.0. The van der Waals surface area contributed by atoms with Crippen molar-refractivity contribution in [1.29, 1.82) is 0 Å². The number of carbonyl (C=O) groups excluding carboxylic acids is 1. The maximum Gasteiger partial charge on any atom is 0.226 e. The van der Waals surface area contributed by atoms with Gasteiger partial charge in [0.25, 0.3) is 0 Å². The van der Waals surface area contributed by atoms with Gasteiger partial charge in [0.05, 0.1) is 0 Å². The van der Waals surface area contributed by atoms with E-state index in [0.717, 1.165) is 5.56 Å². The van der Waals surface area contributed by atoms with E-state index in [1.165, 1.54) is 18.2 Å². The highest BCUT2D eigenvalue weighted by molar-refractivity contribution is 5.83. The number of hydrogen-bond donors (Lipinski definition) is 1. The third-order valence-electron chi connectivity index (χ3n) is 4.64. The summed E-state index contributed by atoms with van der Waals surface area (Å²) in [5.74, 6) is -1.92. The van der Waals surface area contributed by atoms with Crippen molar-refractivity contribution in [3.05, 3.63) is 71.3 Å². The summed E-state index contributed by atoms with van der Waals surface area (Å²) >= 11 is 0. The predicted molar refractivity (Wildman–Crippen MR) is 92.7 cm³/mol. The van der Waals surface area contributed by atoms with Gasteiger partial charge in [0.2, 0.25) is 5.91 Å². The fourth-order valence-corrected chi connectivity index (χ4v) is 3.24. The number of nitrogens with zero attached hydrogens (tertiary/aromatic N) is 1. The molecule has 2 atom stereocenters. The Balaban J connectivity index is 1.73. The van der Waals surface area contributed by atoms with Crippen LogP contribution in [0.15, 0.2) is 48.5 Å². The number of rotatable bonds is 7. The van der Waals surface area contributed by atoms with Crippen LogP contribution >= 0.6 is 0 Å². The topological polar surface area (TPSA) is 46.3 Å². The number of hydrogen-bond acceptors (Lipinski definition) is 2. The Bertz CT molecular complexity index is 715. The van der Waals surface area contributed by atoms with Crippen molar-refractivity contribution in [3.63, 3.8) is 0 Å². The molecule has 0 spiro atoms. The number of benzene rings is 2. The number of carbonyl (C=O) groups is 1. The molecule has 2 aromatic carbocycles. The molecule has 0 aliphatic heterocycles. The molecule has 3 rings (SSSR count). The van der Waals surface area contributed by atoms with Crippen LogP contribution in [0.5, 0.6) is 0 Å². The molecule has 0 saturated heterocycles. The summed E-state index contributed by atoms with van der Waals surface area (Å²) in [6, 6.07) is 13.5. The van der Waals surface area contributed by atoms with E-state index in [4.69, 9.17) is 5.73 Å². The Morgan fingerprint density at radius 3 is 2.40 bits per heavy atom. The molecule has 2 aromatic rings. The van der Waals surface area contributed by atoms with Crippen molar-refractivity contribution in [2.45, 2.75) is 25.3 Å². The van der Waals surface area contributed by atoms with Gasteiger partial charge in [-0.2, -0.15) is 0 Å². The Labute approximate surface area is 146 Å². The van der Waals surface area contributed by atoms with E-state index in [2.05, 4.69) is 0 Å². The molecule has 132 valence electrons. The van der Waals surface area contributed by atoms with Crippen molar-refractivity contribution in [1.82, 2.24) is 4.90 Å². The van der Waals surface area contributed by atoms with Gasteiger partial charge < -0.3 is 10.6 Å². The second kappa shape index (κ2) is 7.74. The molecule has 0 radical (unpaired) electrons. The highest BCUT2D eigenvalue weighted by Gasteiger charge is 2.48. The Morgan fingerprint density at radius 1 is 1.08 bits per heavy atom. The number of amides is 1. The zero-order chi connectivity index (χ0) is 17.8. The van der Waals surface area contributed by atoms with Crippen LogP contribution < -0.4 is 5.73 Å². The summed E-state index contributed by atoms with van der Waals surface area (Å²) in [7, 11) is 0. The summed E-state index contributed by atoms with van der Waals surface area (Å²) in [6.07, 6.45) is 1.19. The van der Waals surface area contributed by atoms with Crippen LogP contribution in [0.3, 0.4) is 0 Å². The molecule has 0 bridgehead atoms. The average Bonchev–Trinajstić information content (AvgIpc) is 3.39. The van der Waals surface area contributed by atoms with Crippen molar-refractivity contribution >= 4 is 5.91 Å². The second-order valence-electron chi connectivity index (χ2n) is 6.47. The molecule has 25 heavy (non-hydrogen) atoms. The molecule has 3 nitrogen and oxygen atoms in total. The summed E-state index contributed by atoms with van der Waals surface area (Å²) in [6.45, 7) is 1.53. The molecule has 1 aliphatic carbocycles. The van der Waals surface area contributed by atoms with Gasteiger partial charge >= 0.3 is 0 Å². The minimum atomic E-state index is -0.572. The van der Waals surface area contributed by atoms with Crippen LogP contribution in [0.4, 0.5) is 8.78 Å². The lowest BCUT2D eigenvalue weighted by Crippen LogP contribution is -2.34. The number of nitrogens with two attached hydrogens (primary N) is 1. The first kappa shape index (κ1) is 17.5. The van der Waals surface area contributed by atoms with Crippen molar-refractivity contribution < 1.29 is 13.6 Å². The SMILES string of the molecule is NCCCN(Cc1ccccc1)C(=O)C1CC1c1c(F)cccc1F. The Kier molecular flexibility index (Phi) is 5.43. The maximum atomic E-state index is 13.9. The van der Waals surface area contributed by atoms with Crippen molar-refractivity contribution in [2.24, 2.45) is 11.7 Å². The molecule has 2 unspecified atom stereocenters. The van der Waals surface area contributed by atoms with Gasteiger partial charge in [-0.3, -0.25) is 4.79 Å². The van der Waals surface area contributed by atoms with Gasteiger partial charge in [-0.05, 0) is 37.1 Å². The standard InChI is InChI=1S/C20H22F2N2O/c21-17-8-4-9-18(22)19(17)15-12-16(15)20(25)24(11-5-10-23)13-14-6-2-1-3-7-14/h1-4,6-9,15-16H,5,10-13,23H2. The van der Waals surface area contributed by atoms with Crippen LogP contribution in [0, 0.1) is 17.6 Å². The molecule has 0 aromatic heterocycles. The molecule has 1 amide bonds. The molecule has 1 fully saturated rings. The summed E-state index contributed by atoms with van der Waals surface area (Å²) in [5.41, 5.74) is 6.65. The third-order valence-corrected chi connectivity index (χ3v) is 4.64. The minimum Gasteiger partial charge on any atom is -0.338 e. The monoisotopic (exact) mass is 344 g/mol. The first-order valence-corrected chi connectivity index (χ1v) is 8.58. The normalized spacial score (nSPS) is 18.8. The lowest BCUT2D eigenvalue weighted by atomic mass is 10.1. The van der Waals surface area contributed by atoms with Crippen LogP contribution in [0.1, 0.15) is 29.9 Å². The molecule has 1 aliphatic rings. The van der Waals surface area contributed by atoms with Gasteiger partial charge in [0, 0.05) is 30.5 Å². The van der Waals surface area contributed by atoms with Gasteiger partial charge in [0.15, 0.2) is 0 Å². The second-order valence-corrected chi connectivity index (χ2v) is 6.47. The van der Waals surface area contributed by atoms with Crippen LogP contribution in [-0.2, 0) is 11.3 Å². The Hall–Kier alpha value is -2.27. The van der Waals surface area contributed by atoms with E-state index < -0.39 is 11.6 Å². The van der Waals surface area contributed by atoms with Crippen LogP contribution in [0.25, 0.3) is 0 Å². The van der Waals surface area contributed by atoms with Crippen LogP contribution in [0.2, 0.25) is 0 Å². The zero-order valence-electron chi connectivity index (χ0n) is 14.0.